The fourth-order valence-electron chi connectivity index (χ4n) is 2.71. The van der Waals surface area contributed by atoms with Crippen molar-refractivity contribution in [1.29, 1.82) is 0 Å². The lowest BCUT2D eigenvalue weighted by molar-refractivity contribution is 0.0724. The van der Waals surface area contributed by atoms with E-state index in [0.717, 1.165) is 36.2 Å². The van der Waals surface area contributed by atoms with Gasteiger partial charge < -0.3 is 4.90 Å². The van der Waals surface area contributed by atoms with Crippen LogP contribution in [0, 0.1) is 0 Å². The molecule has 0 fully saturated rings. The van der Waals surface area contributed by atoms with Crippen LogP contribution in [0.4, 0.5) is 0 Å². The Kier molecular flexibility index (Phi) is 3.78. The van der Waals surface area contributed by atoms with Crippen LogP contribution in [-0.2, 0) is 13.0 Å². The molecule has 0 spiro atoms. The third kappa shape index (κ3) is 2.71. The van der Waals surface area contributed by atoms with Crippen LogP contribution in [0.15, 0.2) is 36.5 Å². The summed E-state index contributed by atoms with van der Waals surface area (Å²) in [6.07, 6.45) is 3.98. The molecule has 0 bridgehead atoms. The van der Waals surface area contributed by atoms with Gasteiger partial charge in [0.25, 0.3) is 5.91 Å². The SMILES string of the molecule is CCC(C)n1ccc(CN2CCc3ccccc3C2=O)n1. The van der Waals surface area contributed by atoms with Gasteiger partial charge in [-0.2, -0.15) is 5.10 Å². The molecule has 2 heterocycles. The molecular weight excluding hydrogens is 262 g/mol. The lowest BCUT2D eigenvalue weighted by Gasteiger charge is -2.27. The second kappa shape index (κ2) is 5.72. The Balaban J connectivity index is 1.75. The highest BCUT2D eigenvalue weighted by atomic mass is 16.2. The Morgan fingerprint density at radius 3 is 2.90 bits per heavy atom. The first-order valence-electron chi connectivity index (χ1n) is 7.60. The number of carbonyl (C=O) groups is 1. The van der Waals surface area contributed by atoms with Crippen molar-refractivity contribution in [2.24, 2.45) is 0 Å². The Morgan fingerprint density at radius 2 is 2.10 bits per heavy atom. The first kappa shape index (κ1) is 13.9. The maximum Gasteiger partial charge on any atom is 0.254 e. The summed E-state index contributed by atoms with van der Waals surface area (Å²) >= 11 is 0. The molecule has 1 amide bonds. The molecule has 4 heteroatoms. The van der Waals surface area contributed by atoms with Gasteiger partial charge in [-0.25, -0.2) is 0 Å². The number of fused-ring (bicyclic) bond motifs is 1. The molecular formula is C17H21N3O. The van der Waals surface area contributed by atoms with Crippen LogP contribution in [0.2, 0.25) is 0 Å². The molecule has 2 aromatic rings. The monoisotopic (exact) mass is 283 g/mol. The van der Waals surface area contributed by atoms with Gasteiger partial charge >= 0.3 is 0 Å². The maximum absolute atomic E-state index is 12.5. The summed E-state index contributed by atoms with van der Waals surface area (Å²) in [4.78, 5) is 14.4. The number of benzene rings is 1. The second-order valence-electron chi connectivity index (χ2n) is 5.68. The largest absolute Gasteiger partial charge is 0.332 e. The van der Waals surface area contributed by atoms with Gasteiger partial charge in [0.15, 0.2) is 0 Å². The normalized spacial score (nSPS) is 15.9. The van der Waals surface area contributed by atoms with E-state index < -0.39 is 0 Å². The number of rotatable bonds is 4. The average molecular weight is 283 g/mol. The van der Waals surface area contributed by atoms with E-state index in [1.54, 1.807) is 0 Å². The van der Waals surface area contributed by atoms with Gasteiger partial charge in [-0.3, -0.25) is 9.48 Å². The van der Waals surface area contributed by atoms with E-state index in [0.29, 0.717) is 12.6 Å². The zero-order chi connectivity index (χ0) is 14.8. The first-order chi connectivity index (χ1) is 10.2. The van der Waals surface area contributed by atoms with Gasteiger partial charge in [0, 0.05) is 24.3 Å². The fourth-order valence-corrected chi connectivity index (χ4v) is 2.71. The average Bonchev–Trinajstić information content (AvgIpc) is 2.98. The highest BCUT2D eigenvalue weighted by Crippen LogP contribution is 2.20. The van der Waals surface area contributed by atoms with Crippen molar-refractivity contribution in [1.82, 2.24) is 14.7 Å². The molecule has 1 aromatic heterocycles. The minimum absolute atomic E-state index is 0.120. The molecule has 0 radical (unpaired) electrons. The maximum atomic E-state index is 12.5. The van der Waals surface area contributed by atoms with Crippen molar-refractivity contribution >= 4 is 5.91 Å². The van der Waals surface area contributed by atoms with Crippen molar-refractivity contribution in [3.8, 4) is 0 Å². The molecule has 1 unspecified atom stereocenters. The summed E-state index contributed by atoms with van der Waals surface area (Å²) in [5.41, 5.74) is 2.96. The summed E-state index contributed by atoms with van der Waals surface area (Å²) in [6, 6.07) is 10.3. The number of hydrogen-bond donors (Lipinski definition) is 0. The number of carbonyl (C=O) groups excluding carboxylic acids is 1. The standard InChI is InChI=1S/C17H21N3O/c1-3-13(2)20-11-9-15(18-20)12-19-10-8-14-6-4-5-7-16(14)17(19)21/h4-7,9,11,13H,3,8,10,12H2,1-2H3. The van der Waals surface area contributed by atoms with E-state index in [2.05, 4.69) is 18.9 Å². The van der Waals surface area contributed by atoms with Gasteiger partial charge in [0.05, 0.1) is 12.2 Å². The van der Waals surface area contributed by atoms with Crippen molar-refractivity contribution in [2.75, 3.05) is 6.54 Å². The number of nitrogens with zero attached hydrogens (tertiary/aromatic N) is 3. The highest BCUT2D eigenvalue weighted by molar-refractivity contribution is 5.96. The van der Waals surface area contributed by atoms with E-state index in [9.17, 15) is 4.79 Å². The number of hydrogen-bond acceptors (Lipinski definition) is 2. The third-order valence-corrected chi connectivity index (χ3v) is 4.24. The third-order valence-electron chi connectivity index (χ3n) is 4.24. The van der Waals surface area contributed by atoms with Crippen molar-refractivity contribution < 1.29 is 4.79 Å². The predicted octanol–water partition coefficient (Wildman–Crippen LogP) is 3.05. The van der Waals surface area contributed by atoms with Crippen LogP contribution in [0.25, 0.3) is 0 Å². The number of amides is 1. The van der Waals surface area contributed by atoms with Crippen molar-refractivity contribution in [3.63, 3.8) is 0 Å². The van der Waals surface area contributed by atoms with E-state index in [1.165, 1.54) is 0 Å². The minimum Gasteiger partial charge on any atom is -0.332 e. The van der Waals surface area contributed by atoms with Gasteiger partial charge in [-0.1, -0.05) is 25.1 Å². The quantitative estimate of drug-likeness (QED) is 0.865. The van der Waals surface area contributed by atoms with Crippen LogP contribution in [0.1, 0.15) is 47.9 Å². The summed E-state index contributed by atoms with van der Waals surface area (Å²) < 4.78 is 1.98. The molecule has 0 saturated heterocycles. The lowest BCUT2D eigenvalue weighted by Crippen LogP contribution is -2.37. The van der Waals surface area contributed by atoms with Gasteiger partial charge in [0.1, 0.15) is 0 Å². The molecule has 0 aliphatic carbocycles. The fraction of sp³-hybridized carbons (Fsp3) is 0.412. The number of aromatic nitrogens is 2. The first-order valence-corrected chi connectivity index (χ1v) is 7.60. The van der Waals surface area contributed by atoms with Crippen LogP contribution in [-0.4, -0.2) is 27.1 Å². The van der Waals surface area contributed by atoms with Crippen molar-refractivity contribution in [2.45, 2.75) is 39.3 Å². The van der Waals surface area contributed by atoms with E-state index in [-0.39, 0.29) is 5.91 Å². The van der Waals surface area contributed by atoms with Crippen molar-refractivity contribution in [3.05, 3.63) is 53.3 Å². The summed E-state index contributed by atoms with van der Waals surface area (Å²) in [5, 5.41) is 4.59. The van der Waals surface area contributed by atoms with Gasteiger partial charge in [0.2, 0.25) is 0 Å². The van der Waals surface area contributed by atoms with Crippen LogP contribution >= 0.6 is 0 Å². The topological polar surface area (TPSA) is 38.1 Å². The van der Waals surface area contributed by atoms with Gasteiger partial charge in [-0.05, 0) is 37.5 Å². The van der Waals surface area contributed by atoms with Crippen LogP contribution in [0.5, 0.6) is 0 Å². The summed E-state index contributed by atoms with van der Waals surface area (Å²) in [7, 11) is 0. The van der Waals surface area contributed by atoms with E-state index in [4.69, 9.17) is 0 Å². The lowest BCUT2D eigenvalue weighted by atomic mass is 9.99. The molecule has 0 N–H and O–H groups in total. The van der Waals surface area contributed by atoms with Gasteiger partial charge in [-0.15, -0.1) is 0 Å². The molecule has 21 heavy (non-hydrogen) atoms. The molecule has 4 nitrogen and oxygen atoms in total. The highest BCUT2D eigenvalue weighted by Gasteiger charge is 2.24. The molecule has 1 aliphatic heterocycles. The molecule has 3 rings (SSSR count). The van der Waals surface area contributed by atoms with Crippen LogP contribution in [0.3, 0.4) is 0 Å². The Bertz CT molecular complexity index is 647. The Labute approximate surface area is 125 Å². The zero-order valence-electron chi connectivity index (χ0n) is 12.6. The summed E-state index contributed by atoms with van der Waals surface area (Å²) in [5.74, 6) is 0.120. The molecule has 1 aliphatic rings. The molecule has 1 aromatic carbocycles. The smallest absolute Gasteiger partial charge is 0.254 e. The Morgan fingerprint density at radius 1 is 1.29 bits per heavy atom. The molecule has 1 atom stereocenters. The Hall–Kier alpha value is -2.10. The molecule has 110 valence electrons. The van der Waals surface area contributed by atoms with E-state index in [1.807, 2.05) is 46.1 Å². The minimum atomic E-state index is 0.120. The summed E-state index contributed by atoms with van der Waals surface area (Å²) in [6.45, 7) is 5.67. The second-order valence-corrected chi connectivity index (χ2v) is 5.68. The van der Waals surface area contributed by atoms with Crippen LogP contribution < -0.4 is 0 Å². The predicted molar refractivity (Wildman–Crippen MR) is 82.1 cm³/mol. The van der Waals surface area contributed by atoms with E-state index >= 15 is 0 Å². The molecule has 0 saturated carbocycles. The zero-order valence-corrected chi connectivity index (χ0v) is 12.6.